The van der Waals surface area contributed by atoms with Crippen LogP contribution in [0.25, 0.3) is 0 Å². The highest BCUT2D eigenvalue weighted by atomic mass is 32.2. The molecule has 3 heterocycles. The summed E-state index contributed by atoms with van der Waals surface area (Å²) in [7, 11) is -3.83. The molecule has 1 aromatic carbocycles. The zero-order valence-electron chi connectivity index (χ0n) is 19.7. The van der Waals surface area contributed by atoms with E-state index in [2.05, 4.69) is 34.2 Å². The summed E-state index contributed by atoms with van der Waals surface area (Å²) in [5, 5.41) is 6.22. The molecule has 2 saturated heterocycles. The van der Waals surface area contributed by atoms with Crippen LogP contribution in [-0.4, -0.2) is 64.7 Å². The van der Waals surface area contributed by atoms with Crippen LogP contribution in [0.5, 0.6) is 0 Å². The molecule has 184 valence electrons. The molecule has 4 rings (SSSR count). The smallest absolute Gasteiger partial charge is 0.261 e. The molecule has 0 spiro atoms. The number of rotatable bonds is 8. The molecule has 1 amide bonds. The molecular weight excluding hydrogens is 454 g/mol. The van der Waals surface area contributed by atoms with E-state index in [1.54, 1.807) is 18.2 Å². The SMILES string of the molecule is CC(C)c1ccc(S(=O)(=O)Nc2cnc(N3CCNCC3)c(C(=O)NCC3CCCO3)c2)cc1. The number of piperazine rings is 1. The Balaban J connectivity index is 1.57. The Labute approximate surface area is 201 Å². The maximum atomic E-state index is 13.1. The van der Waals surface area contributed by atoms with E-state index < -0.39 is 10.0 Å². The third-order valence-corrected chi connectivity index (χ3v) is 7.55. The van der Waals surface area contributed by atoms with Gasteiger partial charge in [0.15, 0.2) is 0 Å². The fourth-order valence-corrected chi connectivity index (χ4v) is 5.20. The van der Waals surface area contributed by atoms with Crippen LogP contribution in [0.15, 0.2) is 41.4 Å². The topological polar surface area (TPSA) is 113 Å². The number of aromatic nitrogens is 1. The van der Waals surface area contributed by atoms with E-state index in [0.717, 1.165) is 31.5 Å². The highest BCUT2D eigenvalue weighted by Crippen LogP contribution is 2.25. The number of pyridine rings is 1. The van der Waals surface area contributed by atoms with Crippen molar-refractivity contribution in [1.29, 1.82) is 0 Å². The van der Waals surface area contributed by atoms with Gasteiger partial charge in [0.05, 0.1) is 28.4 Å². The Kier molecular flexibility index (Phi) is 7.70. The summed E-state index contributed by atoms with van der Waals surface area (Å²) in [5.41, 5.74) is 1.65. The first-order chi connectivity index (χ1) is 16.3. The number of nitrogens with zero attached hydrogens (tertiary/aromatic N) is 2. The summed E-state index contributed by atoms with van der Waals surface area (Å²) < 4.78 is 34.1. The molecule has 0 saturated carbocycles. The van der Waals surface area contributed by atoms with E-state index in [1.807, 2.05) is 17.0 Å². The van der Waals surface area contributed by atoms with Gasteiger partial charge in [-0.3, -0.25) is 9.52 Å². The number of benzene rings is 1. The normalized spacial score (nSPS) is 18.8. The lowest BCUT2D eigenvalue weighted by Crippen LogP contribution is -2.45. The van der Waals surface area contributed by atoms with Gasteiger partial charge in [-0.2, -0.15) is 0 Å². The number of carbonyl (C=O) groups excluding carboxylic acids is 1. The Morgan fingerprint density at radius 2 is 1.97 bits per heavy atom. The minimum atomic E-state index is -3.83. The molecule has 1 aromatic heterocycles. The standard InChI is InChI=1S/C24H33N5O4S/c1-17(2)18-5-7-21(8-6-18)34(31,32)28-19-14-22(24(30)27-16-20-4-3-13-33-20)23(26-15-19)29-11-9-25-10-12-29/h5-8,14-15,17,20,25,28H,3-4,9-13,16H2,1-2H3,(H,27,30). The molecule has 2 aliphatic heterocycles. The molecule has 2 aliphatic rings. The third kappa shape index (κ3) is 5.86. The minimum absolute atomic E-state index is 0.00930. The molecule has 2 aromatic rings. The second-order valence-corrected chi connectivity index (χ2v) is 10.7. The number of ether oxygens (including phenoxy) is 1. The lowest BCUT2D eigenvalue weighted by molar-refractivity contribution is 0.0858. The van der Waals surface area contributed by atoms with Crippen molar-refractivity contribution in [3.8, 4) is 0 Å². The largest absolute Gasteiger partial charge is 0.376 e. The van der Waals surface area contributed by atoms with Crippen LogP contribution >= 0.6 is 0 Å². The first kappa shape index (κ1) is 24.4. The van der Waals surface area contributed by atoms with Gasteiger partial charge < -0.3 is 20.3 Å². The van der Waals surface area contributed by atoms with Gasteiger partial charge in [0.1, 0.15) is 5.82 Å². The van der Waals surface area contributed by atoms with Gasteiger partial charge in [0, 0.05) is 39.3 Å². The summed E-state index contributed by atoms with van der Waals surface area (Å²) >= 11 is 0. The zero-order valence-corrected chi connectivity index (χ0v) is 20.5. The monoisotopic (exact) mass is 487 g/mol. The summed E-state index contributed by atoms with van der Waals surface area (Å²) in [4.78, 5) is 19.8. The second-order valence-electron chi connectivity index (χ2n) is 9.01. The highest BCUT2D eigenvalue weighted by molar-refractivity contribution is 7.92. The van der Waals surface area contributed by atoms with Gasteiger partial charge in [-0.1, -0.05) is 26.0 Å². The molecule has 2 fully saturated rings. The van der Waals surface area contributed by atoms with Crippen LogP contribution in [0.3, 0.4) is 0 Å². The number of sulfonamides is 1. The fourth-order valence-electron chi connectivity index (χ4n) is 4.16. The van der Waals surface area contributed by atoms with Crippen molar-refractivity contribution in [2.45, 2.75) is 43.6 Å². The number of hydrogen-bond acceptors (Lipinski definition) is 7. The predicted molar refractivity (Wildman–Crippen MR) is 132 cm³/mol. The fraction of sp³-hybridized carbons (Fsp3) is 0.500. The van der Waals surface area contributed by atoms with Crippen molar-refractivity contribution in [3.63, 3.8) is 0 Å². The van der Waals surface area contributed by atoms with Gasteiger partial charge in [-0.05, 0) is 42.5 Å². The van der Waals surface area contributed by atoms with Gasteiger partial charge in [0.2, 0.25) is 0 Å². The maximum Gasteiger partial charge on any atom is 0.261 e. The molecule has 0 bridgehead atoms. The van der Waals surface area contributed by atoms with E-state index in [-0.39, 0.29) is 22.6 Å². The van der Waals surface area contributed by atoms with Crippen molar-refractivity contribution in [2.75, 3.05) is 49.0 Å². The minimum Gasteiger partial charge on any atom is -0.376 e. The molecule has 3 N–H and O–H groups in total. The van der Waals surface area contributed by atoms with Crippen molar-refractivity contribution in [2.24, 2.45) is 0 Å². The average molecular weight is 488 g/mol. The zero-order chi connectivity index (χ0) is 24.1. The Bertz CT molecular complexity index is 1090. The van der Waals surface area contributed by atoms with Gasteiger partial charge in [-0.15, -0.1) is 0 Å². The van der Waals surface area contributed by atoms with E-state index >= 15 is 0 Å². The predicted octanol–water partition coefficient (Wildman–Crippen LogP) is 2.32. The van der Waals surface area contributed by atoms with E-state index in [1.165, 1.54) is 6.20 Å². The molecule has 1 unspecified atom stereocenters. The second kappa shape index (κ2) is 10.7. The van der Waals surface area contributed by atoms with Crippen LogP contribution in [0.4, 0.5) is 11.5 Å². The number of carbonyl (C=O) groups is 1. The lowest BCUT2D eigenvalue weighted by atomic mass is 10.0. The lowest BCUT2D eigenvalue weighted by Gasteiger charge is -2.30. The molecule has 0 radical (unpaired) electrons. The maximum absolute atomic E-state index is 13.1. The first-order valence-corrected chi connectivity index (χ1v) is 13.3. The molecular formula is C24H33N5O4S. The summed E-state index contributed by atoms with van der Waals surface area (Å²) in [6.07, 6.45) is 3.38. The van der Waals surface area contributed by atoms with Crippen LogP contribution < -0.4 is 20.3 Å². The quantitative estimate of drug-likeness (QED) is 0.524. The Morgan fingerprint density at radius 1 is 1.24 bits per heavy atom. The molecule has 34 heavy (non-hydrogen) atoms. The molecule has 9 nitrogen and oxygen atoms in total. The van der Waals surface area contributed by atoms with Crippen LogP contribution in [0, 0.1) is 0 Å². The average Bonchev–Trinajstić information content (AvgIpc) is 3.36. The highest BCUT2D eigenvalue weighted by Gasteiger charge is 2.24. The van der Waals surface area contributed by atoms with Crippen molar-refractivity contribution < 1.29 is 17.9 Å². The van der Waals surface area contributed by atoms with Gasteiger partial charge in [-0.25, -0.2) is 13.4 Å². The van der Waals surface area contributed by atoms with Crippen molar-refractivity contribution in [1.82, 2.24) is 15.6 Å². The molecule has 0 aliphatic carbocycles. The Hall–Kier alpha value is -2.69. The summed E-state index contributed by atoms with van der Waals surface area (Å²) in [5.74, 6) is 0.566. The molecule has 1 atom stereocenters. The van der Waals surface area contributed by atoms with E-state index in [0.29, 0.717) is 43.5 Å². The molecule has 10 heteroatoms. The van der Waals surface area contributed by atoms with Gasteiger partial charge >= 0.3 is 0 Å². The third-order valence-electron chi connectivity index (χ3n) is 6.15. The van der Waals surface area contributed by atoms with E-state index in [9.17, 15) is 13.2 Å². The van der Waals surface area contributed by atoms with Crippen molar-refractivity contribution in [3.05, 3.63) is 47.7 Å². The van der Waals surface area contributed by atoms with Crippen LogP contribution in [0.2, 0.25) is 0 Å². The van der Waals surface area contributed by atoms with Gasteiger partial charge in [0.25, 0.3) is 15.9 Å². The van der Waals surface area contributed by atoms with E-state index in [4.69, 9.17) is 4.74 Å². The number of amides is 1. The number of hydrogen-bond donors (Lipinski definition) is 3. The van der Waals surface area contributed by atoms with Crippen molar-refractivity contribution >= 4 is 27.4 Å². The number of nitrogens with one attached hydrogen (secondary N) is 3. The van der Waals surface area contributed by atoms with Crippen LogP contribution in [-0.2, 0) is 14.8 Å². The summed E-state index contributed by atoms with van der Waals surface area (Å²) in [6.45, 7) is 8.25. The number of anilines is 2. The Morgan fingerprint density at radius 3 is 2.62 bits per heavy atom. The first-order valence-electron chi connectivity index (χ1n) is 11.8. The van der Waals surface area contributed by atoms with Crippen LogP contribution in [0.1, 0.15) is 48.5 Å². The summed E-state index contributed by atoms with van der Waals surface area (Å²) in [6, 6.07) is 8.38.